The lowest BCUT2D eigenvalue weighted by atomic mass is 10.1. The van der Waals surface area contributed by atoms with Gasteiger partial charge in [0.1, 0.15) is 0 Å². The van der Waals surface area contributed by atoms with Crippen LogP contribution in [0, 0.1) is 6.92 Å². The minimum Gasteiger partial charge on any atom is -0.378 e. The normalized spacial score (nSPS) is 16.1. The van der Waals surface area contributed by atoms with Crippen LogP contribution in [-0.2, 0) is 21.3 Å². The number of hydrogen-bond acceptors (Lipinski definition) is 3. The largest absolute Gasteiger partial charge is 0.378 e. The topological polar surface area (TPSA) is 63.6 Å². The van der Waals surface area contributed by atoms with Crippen LogP contribution >= 0.6 is 0 Å². The van der Waals surface area contributed by atoms with Crippen molar-refractivity contribution in [2.45, 2.75) is 37.2 Å². The summed E-state index contributed by atoms with van der Waals surface area (Å²) in [6.45, 7) is 2.38. The summed E-state index contributed by atoms with van der Waals surface area (Å²) in [6, 6.07) is 4.89. The maximum absolute atomic E-state index is 11.2. The Labute approximate surface area is 101 Å². The van der Waals surface area contributed by atoms with E-state index in [1.165, 1.54) is 6.07 Å². The van der Waals surface area contributed by atoms with Crippen molar-refractivity contribution in [3.8, 4) is 0 Å². The second kappa shape index (κ2) is 4.76. The molecule has 1 aliphatic carbocycles. The van der Waals surface area contributed by atoms with Gasteiger partial charge in [-0.15, -0.1) is 0 Å². The predicted octanol–water partition coefficient (Wildman–Crippen LogP) is 1.96. The molecule has 0 amide bonds. The highest BCUT2D eigenvalue weighted by molar-refractivity contribution is 7.85. The zero-order chi connectivity index (χ0) is 12.5. The van der Waals surface area contributed by atoms with Gasteiger partial charge < -0.3 is 4.74 Å². The molecule has 17 heavy (non-hydrogen) atoms. The van der Waals surface area contributed by atoms with E-state index in [4.69, 9.17) is 9.29 Å². The number of aryl methyl sites for hydroxylation is 1. The molecular formula is C12H16O4S. The van der Waals surface area contributed by atoms with Crippen molar-refractivity contribution >= 4 is 10.1 Å². The maximum Gasteiger partial charge on any atom is 0.294 e. The third-order valence-corrected chi connectivity index (χ3v) is 3.70. The first-order valence-electron chi connectivity index (χ1n) is 5.65. The minimum absolute atomic E-state index is 0.0116. The van der Waals surface area contributed by atoms with Crippen LogP contribution in [-0.4, -0.2) is 25.7 Å². The minimum atomic E-state index is -4.14. The summed E-state index contributed by atoms with van der Waals surface area (Å²) in [5.74, 6) is 0. The zero-order valence-electron chi connectivity index (χ0n) is 9.72. The molecule has 0 heterocycles. The van der Waals surface area contributed by atoms with E-state index in [2.05, 4.69) is 0 Å². The standard InChI is InChI=1S/C12H16O4S/c1-9-2-5-12(17(13,14)15)10(8-9)6-7-16-11-3-4-11/h2,5,8,11H,3-4,6-7H2,1H3,(H,13,14,15). The van der Waals surface area contributed by atoms with Crippen LogP contribution in [0.2, 0.25) is 0 Å². The highest BCUT2D eigenvalue weighted by Gasteiger charge is 2.22. The van der Waals surface area contributed by atoms with Gasteiger partial charge in [0.15, 0.2) is 0 Å². The summed E-state index contributed by atoms with van der Waals surface area (Å²) in [4.78, 5) is -0.0116. The Morgan fingerprint density at radius 2 is 2.12 bits per heavy atom. The van der Waals surface area contributed by atoms with Crippen LogP contribution in [0.15, 0.2) is 23.1 Å². The SMILES string of the molecule is Cc1ccc(S(=O)(=O)O)c(CCOC2CC2)c1. The van der Waals surface area contributed by atoms with Gasteiger partial charge in [-0.25, -0.2) is 0 Å². The van der Waals surface area contributed by atoms with Crippen molar-refractivity contribution in [3.05, 3.63) is 29.3 Å². The molecule has 0 saturated heterocycles. The van der Waals surface area contributed by atoms with Crippen molar-refractivity contribution in [1.82, 2.24) is 0 Å². The summed E-state index contributed by atoms with van der Waals surface area (Å²) < 4.78 is 37.0. The first kappa shape index (κ1) is 12.5. The third-order valence-electron chi connectivity index (χ3n) is 2.74. The van der Waals surface area contributed by atoms with E-state index in [0.717, 1.165) is 18.4 Å². The predicted molar refractivity (Wildman–Crippen MR) is 63.7 cm³/mol. The van der Waals surface area contributed by atoms with Crippen molar-refractivity contribution in [1.29, 1.82) is 0 Å². The Balaban J connectivity index is 2.14. The Morgan fingerprint density at radius 3 is 2.71 bits per heavy atom. The van der Waals surface area contributed by atoms with Gasteiger partial charge in [-0.05, 0) is 37.8 Å². The number of rotatable bonds is 5. The molecule has 1 fully saturated rings. The van der Waals surface area contributed by atoms with Crippen LogP contribution in [0.5, 0.6) is 0 Å². The lowest BCUT2D eigenvalue weighted by molar-refractivity contribution is 0.122. The van der Waals surface area contributed by atoms with E-state index in [1.54, 1.807) is 12.1 Å². The molecule has 1 aromatic carbocycles. The molecule has 0 atom stereocenters. The van der Waals surface area contributed by atoms with E-state index in [9.17, 15) is 8.42 Å². The monoisotopic (exact) mass is 256 g/mol. The smallest absolute Gasteiger partial charge is 0.294 e. The van der Waals surface area contributed by atoms with Gasteiger partial charge in [0.2, 0.25) is 0 Å². The lowest BCUT2D eigenvalue weighted by Gasteiger charge is -2.08. The van der Waals surface area contributed by atoms with Gasteiger partial charge in [0.25, 0.3) is 10.1 Å². The lowest BCUT2D eigenvalue weighted by Crippen LogP contribution is -2.07. The number of ether oxygens (including phenoxy) is 1. The average Bonchev–Trinajstić information content (AvgIpc) is 2.99. The molecule has 5 heteroatoms. The van der Waals surface area contributed by atoms with Crippen LogP contribution in [0.3, 0.4) is 0 Å². The van der Waals surface area contributed by atoms with Crippen LogP contribution in [0.25, 0.3) is 0 Å². The van der Waals surface area contributed by atoms with Crippen molar-refractivity contribution < 1.29 is 17.7 Å². The van der Waals surface area contributed by atoms with Crippen molar-refractivity contribution in [2.75, 3.05) is 6.61 Å². The van der Waals surface area contributed by atoms with E-state index in [-0.39, 0.29) is 4.90 Å². The Kier molecular flexibility index (Phi) is 3.51. The van der Waals surface area contributed by atoms with E-state index >= 15 is 0 Å². The highest BCUT2D eigenvalue weighted by atomic mass is 32.2. The fourth-order valence-electron chi connectivity index (χ4n) is 1.73. The molecule has 2 rings (SSSR count). The second-order valence-corrected chi connectivity index (χ2v) is 5.80. The van der Waals surface area contributed by atoms with E-state index < -0.39 is 10.1 Å². The molecule has 4 nitrogen and oxygen atoms in total. The number of hydrogen-bond donors (Lipinski definition) is 1. The van der Waals surface area contributed by atoms with Crippen LogP contribution in [0.4, 0.5) is 0 Å². The number of benzene rings is 1. The van der Waals surface area contributed by atoms with Gasteiger partial charge in [0.05, 0.1) is 17.6 Å². The fourth-order valence-corrected chi connectivity index (χ4v) is 2.46. The van der Waals surface area contributed by atoms with Crippen LogP contribution in [0.1, 0.15) is 24.0 Å². The molecule has 1 N–H and O–H groups in total. The van der Waals surface area contributed by atoms with Crippen molar-refractivity contribution in [2.24, 2.45) is 0 Å². The van der Waals surface area contributed by atoms with Gasteiger partial charge >= 0.3 is 0 Å². The first-order chi connectivity index (χ1) is 7.97. The molecule has 0 radical (unpaired) electrons. The summed E-state index contributed by atoms with van der Waals surface area (Å²) in [7, 11) is -4.14. The first-order valence-corrected chi connectivity index (χ1v) is 7.09. The van der Waals surface area contributed by atoms with Gasteiger partial charge in [-0.1, -0.05) is 17.7 Å². The molecular weight excluding hydrogens is 240 g/mol. The van der Waals surface area contributed by atoms with Gasteiger partial charge in [-0.3, -0.25) is 4.55 Å². The summed E-state index contributed by atoms with van der Waals surface area (Å²) in [5, 5.41) is 0. The molecule has 94 valence electrons. The Hall–Kier alpha value is -0.910. The van der Waals surface area contributed by atoms with Crippen LogP contribution < -0.4 is 0 Å². The molecule has 0 spiro atoms. The Morgan fingerprint density at radius 1 is 1.41 bits per heavy atom. The van der Waals surface area contributed by atoms with E-state index in [0.29, 0.717) is 24.7 Å². The quantitative estimate of drug-likeness (QED) is 0.818. The summed E-state index contributed by atoms with van der Waals surface area (Å²) in [5.41, 5.74) is 1.59. The van der Waals surface area contributed by atoms with Gasteiger partial charge in [0, 0.05) is 0 Å². The molecule has 1 aliphatic rings. The second-order valence-electron chi connectivity index (χ2n) is 4.41. The average molecular weight is 256 g/mol. The Bertz CT molecular complexity index is 503. The van der Waals surface area contributed by atoms with E-state index in [1.807, 2.05) is 6.92 Å². The molecule has 1 aromatic rings. The highest BCUT2D eigenvalue weighted by Crippen LogP contribution is 2.24. The molecule has 0 aliphatic heterocycles. The third kappa shape index (κ3) is 3.52. The molecule has 0 bridgehead atoms. The zero-order valence-corrected chi connectivity index (χ0v) is 10.5. The fraction of sp³-hybridized carbons (Fsp3) is 0.500. The van der Waals surface area contributed by atoms with Gasteiger partial charge in [-0.2, -0.15) is 8.42 Å². The summed E-state index contributed by atoms with van der Waals surface area (Å²) in [6.07, 6.45) is 3.06. The summed E-state index contributed by atoms with van der Waals surface area (Å²) >= 11 is 0. The van der Waals surface area contributed by atoms with Crippen molar-refractivity contribution in [3.63, 3.8) is 0 Å². The molecule has 0 unspecified atom stereocenters. The molecule has 1 saturated carbocycles. The maximum atomic E-state index is 11.2. The molecule has 0 aromatic heterocycles.